The van der Waals surface area contributed by atoms with E-state index >= 15 is 0 Å². The van der Waals surface area contributed by atoms with Crippen molar-refractivity contribution in [2.24, 2.45) is 5.73 Å². The molecule has 4 nitrogen and oxygen atoms in total. The molecule has 0 bridgehead atoms. The summed E-state index contributed by atoms with van der Waals surface area (Å²) in [6.07, 6.45) is 1.83. The van der Waals surface area contributed by atoms with Gasteiger partial charge in [-0.3, -0.25) is 4.79 Å². The van der Waals surface area contributed by atoms with Gasteiger partial charge in [-0.2, -0.15) is 0 Å². The summed E-state index contributed by atoms with van der Waals surface area (Å²) in [6, 6.07) is 7.93. The Bertz CT molecular complexity index is 421. The average Bonchev–Trinajstić information content (AvgIpc) is 2.36. The predicted molar refractivity (Wildman–Crippen MR) is 81.8 cm³/mol. The minimum atomic E-state index is -0.236. The van der Waals surface area contributed by atoms with Crippen molar-refractivity contribution in [3.8, 4) is 5.75 Å². The van der Waals surface area contributed by atoms with E-state index < -0.39 is 0 Å². The highest BCUT2D eigenvalue weighted by molar-refractivity contribution is 5.78. The average molecular weight is 278 g/mol. The largest absolute Gasteiger partial charge is 0.484 e. The number of benzene rings is 1. The van der Waals surface area contributed by atoms with E-state index in [-0.39, 0.29) is 24.1 Å². The van der Waals surface area contributed by atoms with Gasteiger partial charge in [-0.05, 0) is 51.3 Å². The van der Waals surface area contributed by atoms with Crippen LogP contribution in [0, 0.1) is 0 Å². The smallest absolute Gasteiger partial charge is 0.258 e. The van der Waals surface area contributed by atoms with E-state index in [4.69, 9.17) is 10.5 Å². The van der Waals surface area contributed by atoms with E-state index in [1.165, 1.54) is 5.56 Å². The fourth-order valence-corrected chi connectivity index (χ4v) is 1.77. The molecule has 1 atom stereocenters. The maximum Gasteiger partial charge on any atom is 0.258 e. The number of hydrogen-bond acceptors (Lipinski definition) is 3. The van der Waals surface area contributed by atoms with Crippen LogP contribution in [0.3, 0.4) is 0 Å². The van der Waals surface area contributed by atoms with E-state index in [9.17, 15) is 4.79 Å². The number of carbonyl (C=O) groups excluding carboxylic acids is 1. The second-order valence-electron chi connectivity index (χ2n) is 6.10. The third kappa shape index (κ3) is 6.57. The summed E-state index contributed by atoms with van der Waals surface area (Å²) < 4.78 is 5.46. The van der Waals surface area contributed by atoms with Crippen molar-refractivity contribution in [2.75, 3.05) is 6.61 Å². The van der Waals surface area contributed by atoms with Crippen molar-refractivity contribution in [3.05, 3.63) is 29.8 Å². The first-order valence-corrected chi connectivity index (χ1v) is 7.08. The Balaban J connectivity index is 2.44. The Morgan fingerprint density at radius 1 is 1.30 bits per heavy atom. The number of carbonyl (C=O) groups is 1. The molecule has 0 aliphatic heterocycles. The highest BCUT2D eigenvalue weighted by Gasteiger charge is 2.13. The molecule has 0 radical (unpaired) electrons. The van der Waals surface area contributed by atoms with Gasteiger partial charge in [0.2, 0.25) is 0 Å². The topological polar surface area (TPSA) is 64.3 Å². The minimum absolute atomic E-state index is 0.0328. The fraction of sp³-hybridized carbons (Fsp3) is 0.562. The molecule has 0 heterocycles. The van der Waals surface area contributed by atoms with Gasteiger partial charge in [-0.15, -0.1) is 0 Å². The quantitative estimate of drug-likeness (QED) is 0.839. The van der Waals surface area contributed by atoms with Crippen LogP contribution in [-0.2, 0) is 11.2 Å². The van der Waals surface area contributed by atoms with Gasteiger partial charge in [0.1, 0.15) is 5.75 Å². The van der Waals surface area contributed by atoms with E-state index in [0.29, 0.717) is 5.75 Å². The van der Waals surface area contributed by atoms with E-state index in [1.807, 2.05) is 45.0 Å². The summed E-state index contributed by atoms with van der Waals surface area (Å²) in [5.74, 6) is 0.581. The molecule has 4 heteroatoms. The zero-order valence-electron chi connectivity index (χ0n) is 12.9. The van der Waals surface area contributed by atoms with Gasteiger partial charge in [0.15, 0.2) is 6.61 Å². The molecular formula is C16H26N2O2. The van der Waals surface area contributed by atoms with E-state index in [0.717, 1.165) is 12.8 Å². The summed E-state index contributed by atoms with van der Waals surface area (Å²) in [4.78, 5) is 11.6. The fourth-order valence-electron chi connectivity index (χ4n) is 1.77. The first kappa shape index (κ1) is 16.5. The standard InChI is InChI=1S/C16H26N2O2/c1-5-13(17)10-12-6-8-14(9-7-12)20-11-15(19)18-16(2,3)4/h6-9,13H,5,10-11,17H2,1-4H3,(H,18,19). The zero-order chi connectivity index (χ0) is 15.2. The third-order valence-electron chi connectivity index (χ3n) is 2.83. The maximum absolute atomic E-state index is 11.6. The monoisotopic (exact) mass is 278 g/mol. The molecule has 1 aromatic carbocycles. The summed E-state index contributed by atoms with van der Waals surface area (Å²) in [5.41, 5.74) is 6.87. The molecule has 1 unspecified atom stereocenters. The molecular weight excluding hydrogens is 252 g/mol. The summed E-state index contributed by atoms with van der Waals surface area (Å²) in [5, 5.41) is 2.85. The molecule has 1 rings (SSSR count). The molecule has 3 N–H and O–H groups in total. The second-order valence-corrected chi connectivity index (χ2v) is 6.10. The molecule has 0 spiro atoms. The lowest BCUT2D eigenvalue weighted by Crippen LogP contribution is -2.43. The SMILES string of the molecule is CCC(N)Cc1ccc(OCC(=O)NC(C)(C)C)cc1. The number of hydrogen-bond donors (Lipinski definition) is 2. The molecule has 112 valence electrons. The lowest BCUT2D eigenvalue weighted by Gasteiger charge is -2.20. The molecule has 20 heavy (non-hydrogen) atoms. The van der Waals surface area contributed by atoms with Gasteiger partial charge in [0.25, 0.3) is 5.91 Å². The molecule has 1 amide bonds. The third-order valence-corrected chi connectivity index (χ3v) is 2.83. The van der Waals surface area contributed by atoms with Crippen LogP contribution in [0.5, 0.6) is 5.75 Å². The van der Waals surface area contributed by atoms with Gasteiger partial charge in [0.05, 0.1) is 0 Å². The lowest BCUT2D eigenvalue weighted by molar-refractivity contribution is -0.124. The normalized spacial score (nSPS) is 12.8. The zero-order valence-corrected chi connectivity index (χ0v) is 12.9. The molecule has 0 saturated heterocycles. The van der Waals surface area contributed by atoms with Gasteiger partial charge >= 0.3 is 0 Å². The van der Waals surface area contributed by atoms with Crippen LogP contribution in [-0.4, -0.2) is 24.1 Å². The lowest BCUT2D eigenvalue weighted by atomic mass is 10.0. The summed E-state index contributed by atoms with van der Waals surface area (Å²) in [6.45, 7) is 7.94. The van der Waals surface area contributed by atoms with Gasteiger partial charge in [-0.25, -0.2) is 0 Å². The molecule has 1 aromatic rings. The minimum Gasteiger partial charge on any atom is -0.484 e. The van der Waals surface area contributed by atoms with Crippen molar-refractivity contribution < 1.29 is 9.53 Å². The number of ether oxygens (including phenoxy) is 1. The van der Waals surface area contributed by atoms with Gasteiger partial charge < -0.3 is 15.8 Å². The van der Waals surface area contributed by atoms with Crippen LogP contribution in [0.1, 0.15) is 39.7 Å². The van der Waals surface area contributed by atoms with E-state index in [1.54, 1.807) is 0 Å². The summed E-state index contributed by atoms with van der Waals surface area (Å²) in [7, 11) is 0. The van der Waals surface area contributed by atoms with Crippen LogP contribution in [0.25, 0.3) is 0 Å². The Labute approximate surface area is 121 Å². The molecule has 0 aromatic heterocycles. The second kappa shape index (κ2) is 7.29. The number of rotatable bonds is 6. The molecule has 0 aliphatic carbocycles. The van der Waals surface area contributed by atoms with Crippen molar-refractivity contribution in [3.63, 3.8) is 0 Å². The number of nitrogens with one attached hydrogen (secondary N) is 1. The Kier molecular flexibility index (Phi) is 6.02. The van der Waals surface area contributed by atoms with Crippen molar-refractivity contribution >= 4 is 5.91 Å². The maximum atomic E-state index is 11.6. The highest BCUT2D eigenvalue weighted by atomic mass is 16.5. The Morgan fingerprint density at radius 3 is 2.40 bits per heavy atom. The first-order chi connectivity index (χ1) is 9.30. The van der Waals surface area contributed by atoms with Crippen molar-refractivity contribution in [2.45, 2.75) is 52.1 Å². The van der Waals surface area contributed by atoms with Crippen LogP contribution >= 0.6 is 0 Å². The molecule has 0 aliphatic rings. The van der Waals surface area contributed by atoms with Crippen LogP contribution in [0.2, 0.25) is 0 Å². The van der Waals surface area contributed by atoms with Crippen LogP contribution < -0.4 is 15.8 Å². The van der Waals surface area contributed by atoms with Crippen molar-refractivity contribution in [1.82, 2.24) is 5.32 Å². The Hall–Kier alpha value is -1.55. The first-order valence-electron chi connectivity index (χ1n) is 7.08. The van der Waals surface area contributed by atoms with Crippen LogP contribution in [0.4, 0.5) is 0 Å². The molecule has 0 fully saturated rings. The highest BCUT2D eigenvalue weighted by Crippen LogP contribution is 2.13. The predicted octanol–water partition coefficient (Wildman–Crippen LogP) is 2.26. The Morgan fingerprint density at radius 2 is 1.90 bits per heavy atom. The van der Waals surface area contributed by atoms with Gasteiger partial charge in [-0.1, -0.05) is 19.1 Å². The van der Waals surface area contributed by atoms with E-state index in [2.05, 4.69) is 12.2 Å². The summed E-state index contributed by atoms with van der Waals surface area (Å²) >= 11 is 0. The number of nitrogens with two attached hydrogens (primary N) is 1. The van der Waals surface area contributed by atoms with Crippen molar-refractivity contribution in [1.29, 1.82) is 0 Å². The van der Waals surface area contributed by atoms with Gasteiger partial charge in [0, 0.05) is 11.6 Å². The number of amides is 1. The van der Waals surface area contributed by atoms with Crippen LogP contribution in [0.15, 0.2) is 24.3 Å². The molecule has 0 saturated carbocycles.